The van der Waals surface area contributed by atoms with Crippen LogP contribution in [0.5, 0.6) is 0 Å². The molecule has 0 heterocycles. The van der Waals surface area contributed by atoms with E-state index in [1.54, 1.807) is 24.3 Å². The zero-order valence-electron chi connectivity index (χ0n) is 16.4. The number of carbonyl (C=O) groups excluding carboxylic acids is 2. The maximum absolute atomic E-state index is 12.6. The van der Waals surface area contributed by atoms with Crippen LogP contribution in [0.25, 0.3) is 6.08 Å². The van der Waals surface area contributed by atoms with E-state index in [-0.39, 0.29) is 11.8 Å². The molecule has 2 amide bonds. The van der Waals surface area contributed by atoms with Gasteiger partial charge >= 0.3 is 0 Å². The van der Waals surface area contributed by atoms with Crippen LogP contribution in [0.1, 0.15) is 46.8 Å². The Bertz CT molecular complexity index is 856. The zero-order valence-corrected chi connectivity index (χ0v) is 16.4. The van der Waals surface area contributed by atoms with Gasteiger partial charge in [-0.1, -0.05) is 32.0 Å². The van der Waals surface area contributed by atoms with Crippen LogP contribution in [0, 0.1) is 6.92 Å². The molecule has 0 fully saturated rings. The lowest BCUT2D eigenvalue weighted by atomic mass is 9.97. The number of aryl methyl sites for hydroxylation is 1. The smallest absolute Gasteiger partial charge is 0.269 e. The molecule has 5 nitrogen and oxygen atoms in total. The van der Waals surface area contributed by atoms with Gasteiger partial charge in [0.25, 0.3) is 11.8 Å². The van der Waals surface area contributed by atoms with Gasteiger partial charge in [0.2, 0.25) is 0 Å². The first kappa shape index (κ1) is 20.4. The molecule has 0 spiro atoms. The second-order valence-electron chi connectivity index (χ2n) is 6.66. The molecular formula is C22H26N2O3. The SMILES string of the molecule is CON(C)C(=O)/C=C/c1cccc(C(=O)Nc2ccc(C(C)C)c(C)c2)c1. The second kappa shape index (κ2) is 9.14. The van der Waals surface area contributed by atoms with Gasteiger partial charge in [0.05, 0.1) is 7.11 Å². The molecule has 0 saturated carbocycles. The summed E-state index contributed by atoms with van der Waals surface area (Å²) in [6, 6.07) is 13.0. The van der Waals surface area contributed by atoms with Crippen molar-refractivity contribution in [2.75, 3.05) is 19.5 Å². The third-order valence-electron chi connectivity index (χ3n) is 4.30. The minimum absolute atomic E-state index is 0.192. The maximum Gasteiger partial charge on any atom is 0.269 e. The summed E-state index contributed by atoms with van der Waals surface area (Å²) in [5, 5.41) is 4.05. The predicted octanol–water partition coefficient (Wildman–Crippen LogP) is 4.40. The maximum atomic E-state index is 12.6. The molecule has 0 aliphatic rings. The Morgan fingerprint density at radius 3 is 2.52 bits per heavy atom. The average Bonchev–Trinajstić information content (AvgIpc) is 2.65. The van der Waals surface area contributed by atoms with E-state index >= 15 is 0 Å². The van der Waals surface area contributed by atoms with Crippen LogP contribution in [0.3, 0.4) is 0 Å². The summed E-state index contributed by atoms with van der Waals surface area (Å²) >= 11 is 0. The number of amides is 2. The van der Waals surface area contributed by atoms with Crippen LogP contribution in [-0.4, -0.2) is 31.0 Å². The third-order valence-corrected chi connectivity index (χ3v) is 4.30. The van der Waals surface area contributed by atoms with Crippen molar-refractivity contribution in [3.05, 3.63) is 70.8 Å². The highest BCUT2D eigenvalue weighted by Crippen LogP contribution is 2.22. The van der Waals surface area contributed by atoms with E-state index in [1.807, 2.05) is 31.2 Å². The highest BCUT2D eigenvalue weighted by atomic mass is 16.7. The number of hydroxylamine groups is 2. The summed E-state index contributed by atoms with van der Waals surface area (Å²) in [7, 11) is 2.95. The average molecular weight is 366 g/mol. The Hall–Kier alpha value is -2.92. The molecule has 0 radical (unpaired) electrons. The first-order valence-corrected chi connectivity index (χ1v) is 8.83. The van der Waals surface area contributed by atoms with Gasteiger partial charge in [-0.15, -0.1) is 0 Å². The van der Waals surface area contributed by atoms with E-state index in [0.29, 0.717) is 11.5 Å². The molecule has 5 heteroatoms. The fourth-order valence-electron chi connectivity index (χ4n) is 2.75. The van der Waals surface area contributed by atoms with Gasteiger partial charge in [-0.2, -0.15) is 0 Å². The molecule has 2 rings (SSSR count). The zero-order chi connectivity index (χ0) is 20.0. The predicted molar refractivity (Wildman–Crippen MR) is 108 cm³/mol. The van der Waals surface area contributed by atoms with E-state index in [4.69, 9.17) is 4.84 Å². The van der Waals surface area contributed by atoms with E-state index < -0.39 is 0 Å². The van der Waals surface area contributed by atoms with E-state index in [2.05, 4.69) is 19.2 Å². The fourth-order valence-corrected chi connectivity index (χ4v) is 2.75. The van der Waals surface area contributed by atoms with Crippen LogP contribution < -0.4 is 5.32 Å². The van der Waals surface area contributed by atoms with Crippen molar-refractivity contribution in [2.24, 2.45) is 0 Å². The number of hydrogen-bond acceptors (Lipinski definition) is 3. The Morgan fingerprint density at radius 2 is 1.89 bits per heavy atom. The Morgan fingerprint density at radius 1 is 1.15 bits per heavy atom. The summed E-state index contributed by atoms with van der Waals surface area (Å²) in [4.78, 5) is 29.1. The number of nitrogens with zero attached hydrogens (tertiary/aromatic N) is 1. The lowest BCUT2D eigenvalue weighted by Crippen LogP contribution is -2.22. The lowest BCUT2D eigenvalue weighted by Gasteiger charge is -2.12. The number of likely N-dealkylation sites (N-methyl/N-ethyl adjacent to an activating group) is 1. The van der Waals surface area contributed by atoms with Crippen molar-refractivity contribution in [3.63, 3.8) is 0 Å². The molecule has 2 aromatic rings. The van der Waals surface area contributed by atoms with Crippen LogP contribution in [0.2, 0.25) is 0 Å². The number of anilines is 1. The first-order valence-electron chi connectivity index (χ1n) is 8.83. The van der Waals surface area contributed by atoms with Crippen molar-refractivity contribution in [2.45, 2.75) is 26.7 Å². The molecule has 0 aromatic heterocycles. The summed E-state index contributed by atoms with van der Waals surface area (Å²) in [5.74, 6) is -0.0339. The molecule has 0 atom stereocenters. The summed E-state index contributed by atoms with van der Waals surface area (Å²) in [6.07, 6.45) is 3.05. The van der Waals surface area contributed by atoms with E-state index in [1.165, 1.54) is 25.8 Å². The monoisotopic (exact) mass is 366 g/mol. The molecule has 1 N–H and O–H groups in total. The molecule has 0 bridgehead atoms. The van der Waals surface area contributed by atoms with Gasteiger partial charge in [-0.3, -0.25) is 14.4 Å². The Balaban J connectivity index is 2.12. The topological polar surface area (TPSA) is 58.6 Å². The van der Waals surface area contributed by atoms with Crippen molar-refractivity contribution in [1.82, 2.24) is 5.06 Å². The largest absolute Gasteiger partial charge is 0.322 e. The number of hydrogen-bond donors (Lipinski definition) is 1. The molecule has 2 aromatic carbocycles. The van der Waals surface area contributed by atoms with Crippen molar-refractivity contribution in [3.8, 4) is 0 Å². The number of benzene rings is 2. The second-order valence-corrected chi connectivity index (χ2v) is 6.66. The molecule has 27 heavy (non-hydrogen) atoms. The number of rotatable bonds is 6. The highest BCUT2D eigenvalue weighted by molar-refractivity contribution is 6.04. The lowest BCUT2D eigenvalue weighted by molar-refractivity contribution is -0.162. The van der Waals surface area contributed by atoms with Gasteiger partial charge in [0, 0.05) is 24.4 Å². The normalized spacial score (nSPS) is 11.0. The van der Waals surface area contributed by atoms with Crippen LogP contribution in [0.15, 0.2) is 48.5 Å². The number of nitrogens with one attached hydrogen (secondary N) is 1. The molecular weight excluding hydrogens is 340 g/mol. The van der Waals surface area contributed by atoms with Crippen LogP contribution in [-0.2, 0) is 9.63 Å². The van der Waals surface area contributed by atoms with Crippen LogP contribution >= 0.6 is 0 Å². The van der Waals surface area contributed by atoms with Crippen molar-refractivity contribution >= 4 is 23.6 Å². The van der Waals surface area contributed by atoms with Crippen molar-refractivity contribution < 1.29 is 14.4 Å². The summed E-state index contributed by atoms with van der Waals surface area (Å²) in [5.41, 5.74) is 4.47. The van der Waals surface area contributed by atoms with E-state index in [9.17, 15) is 9.59 Å². The molecule has 0 aliphatic carbocycles. The van der Waals surface area contributed by atoms with Gasteiger partial charge < -0.3 is 5.32 Å². The van der Waals surface area contributed by atoms with E-state index in [0.717, 1.165) is 21.9 Å². The number of carbonyl (C=O) groups is 2. The minimum Gasteiger partial charge on any atom is -0.322 e. The summed E-state index contributed by atoms with van der Waals surface area (Å²) in [6.45, 7) is 6.34. The molecule has 0 saturated heterocycles. The molecule has 0 unspecified atom stereocenters. The Kier molecular flexibility index (Phi) is 6.91. The first-order chi connectivity index (χ1) is 12.8. The van der Waals surface area contributed by atoms with Gasteiger partial charge in [-0.25, -0.2) is 5.06 Å². The third kappa shape index (κ3) is 5.53. The molecule has 0 aliphatic heterocycles. The van der Waals surface area contributed by atoms with Crippen LogP contribution in [0.4, 0.5) is 5.69 Å². The minimum atomic E-state index is -0.284. The fraction of sp³-hybridized carbons (Fsp3) is 0.273. The quantitative estimate of drug-likeness (QED) is 0.609. The van der Waals surface area contributed by atoms with Gasteiger partial charge in [0.1, 0.15) is 0 Å². The van der Waals surface area contributed by atoms with Crippen molar-refractivity contribution in [1.29, 1.82) is 0 Å². The Labute approximate surface area is 160 Å². The van der Waals surface area contributed by atoms with Gasteiger partial charge in [0.15, 0.2) is 0 Å². The standard InChI is InChI=1S/C22H26N2O3/c1-15(2)20-11-10-19(13-16(20)3)23-22(26)18-8-6-7-17(14-18)9-12-21(25)24(4)27-5/h6-15H,1-5H3,(H,23,26)/b12-9+. The summed E-state index contributed by atoms with van der Waals surface area (Å²) < 4.78 is 0. The highest BCUT2D eigenvalue weighted by Gasteiger charge is 2.09. The molecule has 142 valence electrons. The van der Waals surface area contributed by atoms with Gasteiger partial charge in [-0.05, 0) is 59.9 Å².